The minimum Gasteiger partial charge on any atom is -0.398 e. The average molecular weight is 464 g/mol. The molecule has 0 aliphatic heterocycles. The van der Waals surface area contributed by atoms with Crippen molar-refractivity contribution in [3.8, 4) is 0 Å². The first-order valence-electron chi connectivity index (χ1n) is 6.46. The molecule has 0 aromatic heterocycles. The quantitative estimate of drug-likeness (QED) is 0.384. The van der Waals surface area contributed by atoms with Gasteiger partial charge in [0.25, 0.3) is 5.67 Å². The van der Waals surface area contributed by atoms with Crippen LogP contribution in [-0.2, 0) is 5.67 Å². The van der Waals surface area contributed by atoms with Crippen LogP contribution in [0.25, 0.3) is 0 Å². The van der Waals surface area contributed by atoms with Crippen LogP contribution in [0.4, 0.5) is 54.0 Å². The van der Waals surface area contributed by atoms with Crippen molar-refractivity contribution in [2.75, 3.05) is 5.73 Å². The molecule has 0 unspecified atom stereocenters. The standard InChI is InChI=1S/C12H6BBrF11N/c13-4-1-3(2-5(14)6(4)26)7(15)8(16,17)10(20,21)12(24,25)11(22,23)9(7,18)19/h1-2H,13,26H2. The third kappa shape index (κ3) is 1.94. The Hall–Kier alpha value is -1.21. The molecule has 1 nitrogen and oxygen atoms in total. The lowest BCUT2D eigenvalue weighted by Gasteiger charge is -2.52. The van der Waals surface area contributed by atoms with E-state index < -0.39 is 50.8 Å². The van der Waals surface area contributed by atoms with Crippen molar-refractivity contribution in [1.29, 1.82) is 0 Å². The van der Waals surface area contributed by atoms with Gasteiger partial charge in [-0.2, -0.15) is 43.9 Å². The molecule has 0 saturated heterocycles. The Balaban J connectivity index is 2.98. The number of nitrogen functional groups attached to an aromatic ring is 1. The lowest BCUT2D eigenvalue weighted by atomic mass is 9.68. The van der Waals surface area contributed by atoms with Gasteiger partial charge in [0, 0.05) is 15.7 Å². The summed E-state index contributed by atoms with van der Waals surface area (Å²) in [5.74, 6) is -35.3. The van der Waals surface area contributed by atoms with Gasteiger partial charge in [0.15, 0.2) is 0 Å². The molecule has 146 valence electrons. The molecule has 14 heteroatoms. The molecule has 0 atom stereocenters. The molecule has 1 aliphatic rings. The van der Waals surface area contributed by atoms with E-state index in [9.17, 15) is 48.3 Å². The van der Waals surface area contributed by atoms with Crippen LogP contribution in [-0.4, -0.2) is 37.5 Å². The van der Waals surface area contributed by atoms with Crippen LogP contribution in [0.5, 0.6) is 0 Å². The highest BCUT2D eigenvalue weighted by atomic mass is 79.9. The van der Waals surface area contributed by atoms with Crippen molar-refractivity contribution in [2.24, 2.45) is 0 Å². The van der Waals surface area contributed by atoms with Gasteiger partial charge in [-0.15, -0.1) is 0 Å². The van der Waals surface area contributed by atoms with E-state index in [1.807, 2.05) is 0 Å². The van der Waals surface area contributed by atoms with Crippen molar-refractivity contribution < 1.29 is 48.3 Å². The molecule has 2 N–H and O–H groups in total. The summed E-state index contributed by atoms with van der Waals surface area (Å²) in [6, 6.07) is 0.108. The molecule has 1 fully saturated rings. The van der Waals surface area contributed by atoms with E-state index in [0.29, 0.717) is 0 Å². The molecule has 2 rings (SSSR count). The monoisotopic (exact) mass is 463 g/mol. The Morgan fingerprint density at radius 2 is 1.04 bits per heavy atom. The first-order valence-corrected chi connectivity index (χ1v) is 7.25. The minimum atomic E-state index is -7.23. The maximum absolute atomic E-state index is 14.8. The molecule has 0 bridgehead atoms. The summed E-state index contributed by atoms with van der Waals surface area (Å²) in [6.45, 7) is 0. The van der Waals surface area contributed by atoms with Crippen molar-refractivity contribution >= 4 is 34.9 Å². The van der Waals surface area contributed by atoms with Gasteiger partial charge in [-0.3, -0.25) is 0 Å². The van der Waals surface area contributed by atoms with E-state index in [1.54, 1.807) is 0 Å². The van der Waals surface area contributed by atoms with Gasteiger partial charge >= 0.3 is 29.6 Å². The van der Waals surface area contributed by atoms with Crippen LogP contribution in [0, 0.1) is 0 Å². The molecule has 1 aromatic rings. The van der Waals surface area contributed by atoms with Crippen LogP contribution in [0.2, 0.25) is 0 Å². The van der Waals surface area contributed by atoms with Gasteiger partial charge in [-0.05, 0) is 22.0 Å². The fourth-order valence-corrected chi connectivity index (χ4v) is 3.10. The number of benzene rings is 1. The van der Waals surface area contributed by atoms with Crippen LogP contribution >= 0.6 is 15.9 Å². The van der Waals surface area contributed by atoms with E-state index in [-0.39, 0.29) is 17.8 Å². The summed E-state index contributed by atoms with van der Waals surface area (Å²) >= 11 is 2.54. The van der Waals surface area contributed by atoms with Gasteiger partial charge in [0.1, 0.15) is 7.85 Å². The topological polar surface area (TPSA) is 26.0 Å². The molecule has 1 saturated carbocycles. The highest BCUT2D eigenvalue weighted by Gasteiger charge is 3.01. The van der Waals surface area contributed by atoms with Crippen molar-refractivity contribution in [3.05, 3.63) is 22.2 Å². The number of halogens is 12. The van der Waals surface area contributed by atoms with E-state index in [4.69, 9.17) is 5.73 Å². The van der Waals surface area contributed by atoms with Gasteiger partial charge in [-0.1, -0.05) is 11.5 Å². The highest BCUT2D eigenvalue weighted by molar-refractivity contribution is 9.10. The normalized spacial score (nSPS) is 27.1. The predicted octanol–water partition coefficient (Wildman–Crippen LogP) is 3.64. The SMILES string of the molecule is Bc1cc(C2(F)C(F)(F)C(F)(F)C(F)(F)C(F)(F)C2(F)F)cc(Br)c1N. The third-order valence-electron chi connectivity index (χ3n) is 4.18. The van der Waals surface area contributed by atoms with E-state index >= 15 is 0 Å². The van der Waals surface area contributed by atoms with Gasteiger partial charge in [0.05, 0.1) is 0 Å². The smallest absolute Gasteiger partial charge is 0.384 e. The molecular formula is C12H6BBrF11N. The highest BCUT2D eigenvalue weighted by Crippen LogP contribution is 2.72. The minimum absolute atomic E-state index is 0.0276. The van der Waals surface area contributed by atoms with Crippen LogP contribution in [0.3, 0.4) is 0 Å². The van der Waals surface area contributed by atoms with Crippen LogP contribution in [0.15, 0.2) is 16.6 Å². The number of rotatable bonds is 1. The van der Waals surface area contributed by atoms with Crippen molar-refractivity contribution in [1.82, 2.24) is 0 Å². The summed E-state index contributed by atoms with van der Waals surface area (Å²) in [7, 11) is 0.941. The zero-order valence-electron chi connectivity index (χ0n) is 12.3. The Morgan fingerprint density at radius 1 is 0.692 bits per heavy atom. The van der Waals surface area contributed by atoms with E-state index in [2.05, 4.69) is 15.9 Å². The zero-order chi connectivity index (χ0) is 20.7. The molecule has 1 aliphatic carbocycles. The number of hydrogen-bond donors (Lipinski definition) is 1. The van der Waals surface area contributed by atoms with E-state index in [1.165, 1.54) is 0 Å². The maximum atomic E-state index is 14.8. The van der Waals surface area contributed by atoms with Crippen molar-refractivity contribution in [3.63, 3.8) is 0 Å². The Morgan fingerprint density at radius 3 is 1.38 bits per heavy atom. The predicted molar refractivity (Wildman–Crippen MR) is 74.3 cm³/mol. The average Bonchev–Trinajstić information content (AvgIpc) is 2.49. The summed E-state index contributed by atoms with van der Waals surface area (Å²) in [4.78, 5) is 0. The Kier molecular flexibility index (Phi) is 4.21. The molecule has 0 heterocycles. The second kappa shape index (κ2) is 5.19. The Labute approximate surface area is 147 Å². The summed E-state index contributed by atoms with van der Waals surface area (Å²) < 4.78 is 150. The lowest BCUT2D eigenvalue weighted by molar-refractivity contribution is -0.489. The Bertz CT molecular complexity index is 711. The zero-order valence-corrected chi connectivity index (χ0v) is 13.9. The van der Waals surface area contributed by atoms with Crippen LogP contribution < -0.4 is 11.2 Å². The molecule has 0 spiro atoms. The molecule has 0 amide bonds. The fraction of sp³-hybridized carbons (Fsp3) is 0.500. The third-order valence-corrected chi connectivity index (χ3v) is 4.83. The van der Waals surface area contributed by atoms with Gasteiger partial charge in [0.2, 0.25) is 0 Å². The van der Waals surface area contributed by atoms with Crippen LogP contribution in [0.1, 0.15) is 5.56 Å². The second-order valence-electron chi connectivity index (χ2n) is 5.72. The second-order valence-corrected chi connectivity index (χ2v) is 6.57. The number of hydrogen-bond acceptors (Lipinski definition) is 1. The lowest BCUT2D eigenvalue weighted by Crippen LogP contribution is -2.82. The molecule has 26 heavy (non-hydrogen) atoms. The number of anilines is 1. The molecular weight excluding hydrogens is 458 g/mol. The first kappa shape index (κ1) is 21.1. The summed E-state index contributed by atoms with van der Waals surface area (Å²) in [5, 5.41) is 0. The fourth-order valence-electron chi connectivity index (χ4n) is 2.54. The van der Waals surface area contributed by atoms with Gasteiger partial charge in [-0.25, -0.2) is 4.39 Å². The first-order chi connectivity index (χ1) is 11.3. The van der Waals surface area contributed by atoms with E-state index in [0.717, 1.165) is 7.85 Å². The van der Waals surface area contributed by atoms with Crippen molar-refractivity contribution in [2.45, 2.75) is 35.3 Å². The summed E-state index contributed by atoms with van der Waals surface area (Å²) in [6.07, 6.45) is 0. The summed E-state index contributed by atoms with van der Waals surface area (Å²) in [5.41, 5.74) is -3.65. The number of nitrogens with two attached hydrogens (primary N) is 1. The largest absolute Gasteiger partial charge is 0.398 e. The van der Waals surface area contributed by atoms with Gasteiger partial charge < -0.3 is 5.73 Å². The maximum Gasteiger partial charge on any atom is 0.384 e. The molecule has 0 radical (unpaired) electrons. The number of alkyl halides is 11. The molecule has 1 aromatic carbocycles.